The molecule has 0 radical (unpaired) electrons. The normalized spacial score (nSPS) is 15.2. The molecule has 1 saturated heterocycles. The van der Waals surface area contributed by atoms with Gasteiger partial charge in [-0.2, -0.15) is 0 Å². The number of rotatable bonds is 8. The van der Waals surface area contributed by atoms with Crippen LogP contribution in [0.15, 0.2) is 42.5 Å². The van der Waals surface area contributed by atoms with E-state index in [4.69, 9.17) is 32.7 Å². The third-order valence-electron chi connectivity index (χ3n) is 5.44. The molecule has 1 fully saturated rings. The summed E-state index contributed by atoms with van der Waals surface area (Å²) >= 11 is 11.9. The highest BCUT2D eigenvalue weighted by Gasteiger charge is 2.35. The van der Waals surface area contributed by atoms with E-state index >= 15 is 0 Å². The Morgan fingerprint density at radius 2 is 1.77 bits per heavy atom. The van der Waals surface area contributed by atoms with Gasteiger partial charge in [-0.15, -0.1) is 0 Å². The van der Waals surface area contributed by atoms with Crippen molar-refractivity contribution >= 4 is 35.0 Å². The van der Waals surface area contributed by atoms with Crippen molar-refractivity contribution in [2.24, 2.45) is 0 Å². The Hall–Kier alpha value is -2.28. The molecule has 3 rings (SSSR count). The highest BCUT2D eigenvalue weighted by molar-refractivity contribution is 6.36. The molecule has 31 heavy (non-hydrogen) atoms. The number of carbonyl (C=O) groups excluding carboxylic acids is 2. The van der Waals surface area contributed by atoms with Gasteiger partial charge in [-0.3, -0.25) is 9.59 Å². The Balaban J connectivity index is 1.59. The Labute approximate surface area is 192 Å². The average molecular weight is 465 g/mol. The van der Waals surface area contributed by atoms with E-state index < -0.39 is 5.91 Å². The van der Waals surface area contributed by atoms with E-state index in [0.29, 0.717) is 31.4 Å². The molecule has 0 aliphatic carbocycles. The second kappa shape index (κ2) is 10.8. The number of hydrogen-bond donors (Lipinski definition) is 2. The molecule has 0 aromatic heterocycles. The molecule has 2 aromatic rings. The van der Waals surface area contributed by atoms with Crippen molar-refractivity contribution in [2.45, 2.75) is 25.2 Å². The van der Waals surface area contributed by atoms with Crippen LogP contribution in [-0.2, 0) is 14.9 Å². The minimum atomic E-state index is -0.427. The van der Waals surface area contributed by atoms with Crippen LogP contribution in [-0.4, -0.2) is 44.7 Å². The number of hydrogen-bond acceptors (Lipinski definition) is 4. The molecule has 1 aliphatic rings. The van der Waals surface area contributed by atoms with E-state index in [2.05, 4.69) is 10.6 Å². The molecule has 8 heteroatoms. The van der Waals surface area contributed by atoms with E-state index in [0.717, 1.165) is 24.2 Å². The third kappa shape index (κ3) is 6.12. The van der Waals surface area contributed by atoms with Crippen LogP contribution in [0, 0.1) is 0 Å². The summed E-state index contributed by atoms with van der Waals surface area (Å²) < 4.78 is 11.1. The number of amides is 2. The molecule has 166 valence electrons. The molecule has 0 atom stereocenters. The van der Waals surface area contributed by atoms with Crippen LogP contribution in [0.1, 0.15) is 35.7 Å². The molecule has 2 aromatic carbocycles. The SMILES string of the molecule is CCOc1ccc(C2(CNC(=O)CNC(=O)c3ccc(Cl)cc3Cl)CCOCC2)cc1. The summed E-state index contributed by atoms with van der Waals surface area (Å²) in [5.74, 6) is 0.125. The second-order valence-electron chi connectivity index (χ2n) is 7.43. The molecule has 1 aliphatic heterocycles. The molecule has 2 N–H and O–H groups in total. The van der Waals surface area contributed by atoms with Gasteiger partial charge in [0.15, 0.2) is 0 Å². The van der Waals surface area contributed by atoms with Crippen LogP contribution in [0.5, 0.6) is 5.75 Å². The predicted molar refractivity (Wildman–Crippen MR) is 121 cm³/mol. The highest BCUT2D eigenvalue weighted by atomic mass is 35.5. The molecule has 0 spiro atoms. The van der Waals surface area contributed by atoms with Gasteiger partial charge in [-0.05, 0) is 55.7 Å². The lowest BCUT2D eigenvalue weighted by Crippen LogP contribution is -2.47. The van der Waals surface area contributed by atoms with E-state index in [-0.39, 0.29) is 28.5 Å². The maximum atomic E-state index is 12.4. The average Bonchev–Trinajstić information content (AvgIpc) is 2.77. The summed E-state index contributed by atoms with van der Waals surface area (Å²) in [5, 5.41) is 6.25. The first-order chi connectivity index (χ1) is 14.9. The van der Waals surface area contributed by atoms with Crippen LogP contribution in [0.3, 0.4) is 0 Å². The van der Waals surface area contributed by atoms with Gasteiger partial charge < -0.3 is 20.1 Å². The lowest BCUT2D eigenvalue weighted by atomic mass is 9.74. The zero-order valence-electron chi connectivity index (χ0n) is 17.4. The van der Waals surface area contributed by atoms with E-state index in [1.165, 1.54) is 12.1 Å². The van der Waals surface area contributed by atoms with E-state index in [1.54, 1.807) is 6.07 Å². The fourth-order valence-electron chi connectivity index (χ4n) is 3.66. The minimum Gasteiger partial charge on any atom is -0.494 e. The molecular formula is C23H26Cl2N2O4. The van der Waals surface area contributed by atoms with Crippen LogP contribution < -0.4 is 15.4 Å². The van der Waals surface area contributed by atoms with Gasteiger partial charge in [-0.1, -0.05) is 35.3 Å². The Morgan fingerprint density at radius 1 is 1.06 bits per heavy atom. The highest BCUT2D eigenvalue weighted by Crippen LogP contribution is 2.35. The molecule has 2 amide bonds. The number of benzene rings is 2. The quantitative estimate of drug-likeness (QED) is 0.619. The van der Waals surface area contributed by atoms with Crippen molar-refractivity contribution in [2.75, 3.05) is 32.9 Å². The Bertz CT molecular complexity index is 912. The number of halogens is 2. The summed E-state index contributed by atoms with van der Waals surface area (Å²) in [4.78, 5) is 24.8. The fraction of sp³-hybridized carbons (Fsp3) is 0.391. The summed E-state index contributed by atoms with van der Waals surface area (Å²) in [6, 6.07) is 12.6. The number of nitrogens with one attached hydrogen (secondary N) is 2. The zero-order valence-corrected chi connectivity index (χ0v) is 18.9. The van der Waals surface area contributed by atoms with Crippen LogP contribution >= 0.6 is 23.2 Å². The fourth-order valence-corrected chi connectivity index (χ4v) is 4.16. The van der Waals surface area contributed by atoms with Crippen molar-refractivity contribution in [1.82, 2.24) is 10.6 Å². The first-order valence-corrected chi connectivity index (χ1v) is 11.0. The van der Waals surface area contributed by atoms with Gasteiger partial charge in [-0.25, -0.2) is 0 Å². The Morgan fingerprint density at radius 3 is 2.42 bits per heavy atom. The molecule has 0 saturated carbocycles. The first-order valence-electron chi connectivity index (χ1n) is 10.2. The lowest BCUT2D eigenvalue weighted by Gasteiger charge is -2.38. The second-order valence-corrected chi connectivity index (χ2v) is 8.28. The number of carbonyl (C=O) groups is 2. The maximum absolute atomic E-state index is 12.4. The maximum Gasteiger partial charge on any atom is 0.253 e. The largest absolute Gasteiger partial charge is 0.494 e. The van der Waals surface area contributed by atoms with E-state index in [1.807, 2.05) is 31.2 Å². The summed E-state index contributed by atoms with van der Waals surface area (Å²) in [5.41, 5.74) is 1.19. The Kier molecular flexibility index (Phi) is 8.18. The van der Waals surface area contributed by atoms with Crippen molar-refractivity contribution in [3.8, 4) is 5.75 Å². The molecule has 0 unspecified atom stereocenters. The minimum absolute atomic E-state index is 0.145. The molecule has 6 nitrogen and oxygen atoms in total. The molecule has 0 bridgehead atoms. The number of ether oxygens (including phenoxy) is 2. The van der Waals surface area contributed by atoms with Gasteiger partial charge in [0.2, 0.25) is 5.91 Å². The van der Waals surface area contributed by atoms with Crippen molar-refractivity contribution in [1.29, 1.82) is 0 Å². The van der Waals surface area contributed by atoms with Gasteiger partial charge in [0.05, 0.1) is 23.7 Å². The van der Waals surface area contributed by atoms with Crippen LogP contribution in [0.25, 0.3) is 0 Å². The lowest BCUT2D eigenvalue weighted by molar-refractivity contribution is -0.120. The van der Waals surface area contributed by atoms with Crippen LogP contribution in [0.2, 0.25) is 10.0 Å². The zero-order chi connectivity index (χ0) is 22.3. The standard InChI is InChI=1S/C23H26Cl2N2O4/c1-2-31-18-6-3-16(4-7-18)23(9-11-30-12-10-23)15-27-21(28)14-26-22(29)19-8-5-17(24)13-20(19)25/h3-8,13H,2,9-12,14-15H2,1H3,(H,26,29)(H,27,28). The monoisotopic (exact) mass is 464 g/mol. The molecule has 1 heterocycles. The summed E-state index contributed by atoms with van der Waals surface area (Å²) in [7, 11) is 0. The van der Waals surface area contributed by atoms with Crippen molar-refractivity contribution < 1.29 is 19.1 Å². The predicted octanol–water partition coefficient (Wildman–Crippen LogP) is 3.99. The smallest absolute Gasteiger partial charge is 0.253 e. The van der Waals surface area contributed by atoms with Gasteiger partial charge >= 0.3 is 0 Å². The first kappa shape index (κ1) is 23.4. The van der Waals surface area contributed by atoms with Crippen LogP contribution in [0.4, 0.5) is 0 Å². The topological polar surface area (TPSA) is 76.7 Å². The van der Waals surface area contributed by atoms with Crippen molar-refractivity contribution in [3.63, 3.8) is 0 Å². The summed E-state index contributed by atoms with van der Waals surface area (Å²) in [6.07, 6.45) is 1.60. The van der Waals surface area contributed by atoms with Gasteiger partial charge in [0, 0.05) is 30.2 Å². The van der Waals surface area contributed by atoms with Gasteiger partial charge in [0.1, 0.15) is 5.75 Å². The van der Waals surface area contributed by atoms with Crippen molar-refractivity contribution in [3.05, 3.63) is 63.6 Å². The molecular weight excluding hydrogens is 439 g/mol. The van der Waals surface area contributed by atoms with E-state index in [9.17, 15) is 9.59 Å². The summed E-state index contributed by atoms with van der Waals surface area (Å²) in [6.45, 7) is 4.14. The van der Waals surface area contributed by atoms with Gasteiger partial charge in [0.25, 0.3) is 5.91 Å². The third-order valence-corrected chi connectivity index (χ3v) is 5.98.